The van der Waals surface area contributed by atoms with Crippen molar-refractivity contribution in [3.8, 4) is 5.75 Å². The highest BCUT2D eigenvalue weighted by Gasteiger charge is 2.25. The summed E-state index contributed by atoms with van der Waals surface area (Å²) in [6.45, 7) is 13.3. The molecule has 28 heavy (non-hydrogen) atoms. The fraction of sp³-hybridized carbons (Fsp3) is 0.619. The fourth-order valence-electron chi connectivity index (χ4n) is 4.01. The van der Waals surface area contributed by atoms with Crippen LogP contribution in [0.25, 0.3) is 11.0 Å². The van der Waals surface area contributed by atoms with Crippen LogP contribution in [0.2, 0.25) is 0 Å². The summed E-state index contributed by atoms with van der Waals surface area (Å²) in [5, 5.41) is 0. The first-order chi connectivity index (χ1) is 13.4. The molecule has 1 aliphatic heterocycles. The molecule has 7 nitrogen and oxygen atoms in total. The van der Waals surface area contributed by atoms with Crippen LogP contribution in [-0.2, 0) is 11.3 Å². The quantitative estimate of drug-likeness (QED) is 0.790. The lowest BCUT2D eigenvalue weighted by Crippen LogP contribution is -2.52. The molecule has 0 aliphatic carbocycles. The van der Waals surface area contributed by atoms with Gasteiger partial charge in [0.2, 0.25) is 5.91 Å². The smallest absolute Gasteiger partial charge is 0.237 e. The van der Waals surface area contributed by atoms with Crippen LogP contribution in [-0.4, -0.2) is 82.5 Å². The maximum Gasteiger partial charge on any atom is 0.237 e. The van der Waals surface area contributed by atoms with E-state index in [1.165, 1.54) is 0 Å². The summed E-state index contributed by atoms with van der Waals surface area (Å²) >= 11 is 0. The average Bonchev–Trinajstić information content (AvgIpc) is 3.03. The number of amides is 1. The van der Waals surface area contributed by atoms with E-state index >= 15 is 0 Å². The Morgan fingerprint density at radius 1 is 1.14 bits per heavy atom. The molecular formula is C21H33N5O2. The number of aromatic nitrogens is 2. The fourth-order valence-corrected chi connectivity index (χ4v) is 4.01. The largest absolute Gasteiger partial charge is 0.497 e. The molecule has 1 aromatic heterocycles. The number of nitrogens with zero attached hydrogens (tertiary/aromatic N) is 4. The van der Waals surface area contributed by atoms with Gasteiger partial charge in [-0.3, -0.25) is 14.6 Å². The molecule has 1 N–H and O–H groups in total. The summed E-state index contributed by atoms with van der Waals surface area (Å²) in [7, 11) is 1.67. The van der Waals surface area contributed by atoms with Gasteiger partial charge in [0.1, 0.15) is 11.6 Å². The lowest BCUT2D eigenvalue weighted by atomic mass is 10.2. The van der Waals surface area contributed by atoms with Crippen LogP contribution >= 0.6 is 0 Å². The molecular weight excluding hydrogens is 354 g/mol. The van der Waals surface area contributed by atoms with Gasteiger partial charge >= 0.3 is 0 Å². The van der Waals surface area contributed by atoms with Gasteiger partial charge in [-0.2, -0.15) is 0 Å². The number of rotatable bonds is 7. The molecule has 1 fully saturated rings. The van der Waals surface area contributed by atoms with Crippen LogP contribution in [0.1, 0.15) is 33.5 Å². The van der Waals surface area contributed by atoms with Gasteiger partial charge in [-0.15, -0.1) is 0 Å². The first-order valence-electron chi connectivity index (χ1n) is 10.2. The molecule has 2 aromatic rings. The molecule has 0 radical (unpaired) electrons. The summed E-state index contributed by atoms with van der Waals surface area (Å²) in [5.74, 6) is 2.03. The third-order valence-corrected chi connectivity index (χ3v) is 5.34. The standard InChI is InChI=1S/C21H33N5O2/c1-15(2)26(16(3)4)21(27)14-25-10-8-24(9-11-25)13-20-22-18-7-6-17(28-5)12-19(18)23-20/h6-7,12,15-16H,8-11,13-14H2,1-5H3,(H,22,23). The van der Waals surface area contributed by atoms with E-state index in [-0.39, 0.29) is 18.0 Å². The summed E-state index contributed by atoms with van der Waals surface area (Å²) in [4.78, 5) is 27.4. The number of hydrogen-bond acceptors (Lipinski definition) is 5. The number of methoxy groups -OCH3 is 1. The Labute approximate surface area is 167 Å². The van der Waals surface area contributed by atoms with E-state index < -0.39 is 0 Å². The zero-order valence-corrected chi connectivity index (χ0v) is 17.7. The van der Waals surface area contributed by atoms with Crippen molar-refractivity contribution in [1.29, 1.82) is 0 Å². The van der Waals surface area contributed by atoms with Crippen molar-refractivity contribution >= 4 is 16.9 Å². The van der Waals surface area contributed by atoms with Gasteiger partial charge in [0.05, 0.1) is 31.2 Å². The maximum atomic E-state index is 12.7. The number of nitrogens with one attached hydrogen (secondary N) is 1. The maximum absolute atomic E-state index is 12.7. The normalized spacial score (nSPS) is 16.2. The third-order valence-electron chi connectivity index (χ3n) is 5.34. The minimum atomic E-state index is 0.227. The predicted molar refractivity (Wildman–Crippen MR) is 111 cm³/mol. The van der Waals surface area contributed by atoms with Crippen molar-refractivity contribution < 1.29 is 9.53 Å². The van der Waals surface area contributed by atoms with Crippen molar-refractivity contribution in [3.05, 3.63) is 24.0 Å². The SMILES string of the molecule is COc1ccc2nc(CN3CCN(CC(=O)N(C(C)C)C(C)C)CC3)[nH]c2c1. The molecule has 7 heteroatoms. The number of carbonyl (C=O) groups excluding carboxylic acids is 1. The Bertz CT molecular complexity index is 785. The van der Waals surface area contributed by atoms with Crippen LogP contribution in [0, 0.1) is 0 Å². The number of fused-ring (bicyclic) bond motifs is 1. The number of H-pyrrole nitrogens is 1. The van der Waals surface area contributed by atoms with Crippen LogP contribution in [0.3, 0.4) is 0 Å². The Morgan fingerprint density at radius 2 is 1.79 bits per heavy atom. The van der Waals surface area contributed by atoms with Crippen molar-refractivity contribution in [2.24, 2.45) is 0 Å². The summed E-state index contributed by atoms with van der Waals surface area (Å²) in [6.07, 6.45) is 0. The van der Waals surface area contributed by atoms with Gasteiger partial charge in [0, 0.05) is 44.3 Å². The van der Waals surface area contributed by atoms with Crippen molar-refractivity contribution in [3.63, 3.8) is 0 Å². The number of imidazole rings is 1. The van der Waals surface area contributed by atoms with Gasteiger partial charge in [-0.1, -0.05) is 0 Å². The molecule has 1 aromatic carbocycles. The molecule has 1 amide bonds. The average molecular weight is 388 g/mol. The Morgan fingerprint density at radius 3 is 2.39 bits per heavy atom. The highest BCUT2D eigenvalue weighted by Crippen LogP contribution is 2.19. The molecule has 0 bridgehead atoms. The van der Waals surface area contributed by atoms with Crippen LogP contribution in [0.5, 0.6) is 5.75 Å². The second-order valence-corrected chi connectivity index (χ2v) is 8.11. The molecule has 1 aliphatic rings. The van der Waals surface area contributed by atoms with Gasteiger partial charge < -0.3 is 14.6 Å². The first-order valence-corrected chi connectivity index (χ1v) is 10.2. The number of piperazine rings is 1. The lowest BCUT2D eigenvalue weighted by molar-refractivity contribution is -0.136. The van der Waals surface area contributed by atoms with E-state index in [4.69, 9.17) is 4.74 Å². The number of carbonyl (C=O) groups is 1. The Balaban J connectivity index is 1.52. The van der Waals surface area contributed by atoms with Gasteiger partial charge in [0.25, 0.3) is 0 Å². The zero-order chi connectivity index (χ0) is 20.3. The molecule has 1 saturated heterocycles. The van der Waals surface area contributed by atoms with Crippen LogP contribution in [0.4, 0.5) is 0 Å². The van der Waals surface area contributed by atoms with E-state index in [9.17, 15) is 4.79 Å². The molecule has 154 valence electrons. The van der Waals surface area contributed by atoms with E-state index in [0.717, 1.165) is 55.3 Å². The van der Waals surface area contributed by atoms with Crippen LogP contribution < -0.4 is 4.74 Å². The first kappa shape index (κ1) is 20.6. The van der Waals surface area contributed by atoms with E-state index in [0.29, 0.717) is 6.54 Å². The second kappa shape index (κ2) is 8.92. The summed E-state index contributed by atoms with van der Waals surface area (Å²) in [5.41, 5.74) is 1.96. The van der Waals surface area contributed by atoms with Crippen molar-refractivity contribution in [2.45, 2.75) is 46.3 Å². The highest BCUT2D eigenvalue weighted by atomic mass is 16.5. The predicted octanol–water partition coefficient (Wildman–Crippen LogP) is 2.33. The molecule has 0 unspecified atom stereocenters. The molecule has 3 rings (SSSR count). The van der Waals surface area contributed by atoms with Crippen LogP contribution in [0.15, 0.2) is 18.2 Å². The van der Waals surface area contributed by atoms with Gasteiger partial charge in [-0.25, -0.2) is 4.98 Å². The van der Waals surface area contributed by atoms with Gasteiger partial charge in [0.15, 0.2) is 0 Å². The molecule has 0 saturated carbocycles. The number of aromatic amines is 1. The number of hydrogen-bond donors (Lipinski definition) is 1. The highest BCUT2D eigenvalue weighted by molar-refractivity contribution is 5.79. The minimum absolute atomic E-state index is 0.227. The topological polar surface area (TPSA) is 64.7 Å². The second-order valence-electron chi connectivity index (χ2n) is 8.11. The van der Waals surface area contributed by atoms with E-state index in [1.807, 2.05) is 23.1 Å². The van der Waals surface area contributed by atoms with Gasteiger partial charge in [-0.05, 0) is 39.8 Å². The minimum Gasteiger partial charge on any atom is -0.497 e. The molecule has 0 atom stereocenters. The Kier molecular flexibility index (Phi) is 6.57. The lowest BCUT2D eigenvalue weighted by Gasteiger charge is -2.37. The molecule has 2 heterocycles. The van der Waals surface area contributed by atoms with E-state index in [2.05, 4.69) is 47.5 Å². The number of ether oxygens (including phenoxy) is 1. The third kappa shape index (κ3) is 4.83. The summed E-state index contributed by atoms with van der Waals surface area (Å²) in [6, 6.07) is 6.36. The molecule has 0 spiro atoms. The Hall–Kier alpha value is -2.12. The van der Waals surface area contributed by atoms with Crippen molar-refractivity contribution in [2.75, 3.05) is 39.8 Å². The van der Waals surface area contributed by atoms with Crippen molar-refractivity contribution in [1.82, 2.24) is 24.7 Å². The monoisotopic (exact) mass is 387 g/mol. The zero-order valence-electron chi connectivity index (χ0n) is 17.7. The number of benzene rings is 1. The summed E-state index contributed by atoms with van der Waals surface area (Å²) < 4.78 is 5.28. The van der Waals surface area contributed by atoms with E-state index in [1.54, 1.807) is 7.11 Å².